The Morgan fingerprint density at radius 3 is 2.68 bits per heavy atom. The van der Waals surface area contributed by atoms with E-state index in [4.69, 9.17) is 0 Å². The summed E-state index contributed by atoms with van der Waals surface area (Å²) in [5, 5.41) is 0. The van der Waals surface area contributed by atoms with Crippen molar-refractivity contribution in [3.63, 3.8) is 0 Å². The van der Waals surface area contributed by atoms with Crippen LogP contribution in [0, 0.1) is 13.8 Å². The highest BCUT2D eigenvalue weighted by molar-refractivity contribution is 5.38. The molecule has 0 spiro atoms. The Morgan fingerprint density at radius 1 is 1.09 bits per heavy atom. The quantitative estimate of drug-likeness (QED) is 0.724. The van der Waals surface area contributed by atoms with E-state index in [0.29, 0.717) is 5.92 Å². The third kappa shape index (κ3) is 2.20. The van der Waals surface area contributed by atoms with Crippen LogP contribution in [-0.2, 0) is 0 Å². The van der Waals surface area contributed by atoms with Gasteiger partial charge in [-0.1, -0.05) is 0 Å². The van der Waals surface area contributed by atoms with E-state index in [1.165, 1.54) is 5.69 Å². The maximum atomic E-state index is 4.58. The zero-order chi connectivity index (χ0) is 15.1. The molecule has 3 aromatic heterocycles. The van der Waals surface area contributed by atoms with Gasteiger partial charge in [0.1, 0.15) is 0 Å². The van der Waals surface area contributed by atoms with Crippen molar-refractivity contribution in [1.29, 1.82) is 0 Å². The number of hydrogen-bond donors (Lipinski definition) is 0. The van der Waals surface area contributed by atoms with Crippen molar-refractivity contribution in [1.82, 2.24) is 24.3 Å². The van der Waals surface area contributed by atoms with E-state index < -0.39 is 0 Å². The van der Waals surface area contributed by atoms with Crippen molar-refractivity contribution in [2.45, 2.75) is 26.2 Å². The fourth-order valence-corrected chi connectivity index (χ4v) is 3.22. The van der Waals surface area contributed by atoms with Crippen LogP contribution in [0.25, 0.3) is 5.78 Å². The van der Waals surface area contributed by atoms with E-state index in [0.717, 1.165) is 42.6 Å². The van der Waals surface area contributed by atoms with E-state index >= 15 is 0 Å². The van der Waals surface area contributed by atoms with Gasteiger partial charge in [0, 0.05) is 54.7 Å². The Kier molecular flexibility index (Phi) is 3.03. The van der Waals surface area contributed by atoms with Crippen LogP contribution in [0.15, 0.2) is 30.7 Å². The van der Waals surface area contributed by atoms with Crippen LogP contribution in [0.3, 0.4) is 0 Å². The van der Waals surface area contributed by atoms with Gasteiger partial charge < -0.3 is 4.90 Å². The minimum atomic E-state index is 0.448. The van der Waals surface area contributed by atoms with E-state index in [1.54, 1.807) is 6.20 Å². The zero-order valence-electron chi connectivity index (χ0n) is 12.8. The average Bonchev–Trinajstić information content (AvgIpc) is 3.15. The lowest BCUT2D eigenvalue weighted by Gasteiger charge is -2.17. The average molecular weight is 294 g/mol. The zero-order valence-corrected chi connectivity index (χ0v) is 12.8. The molecule has 1 fully saturated rings. The Labute approximate surface area is 128 Å². The highest BCUT2D eigenvalue weighted by Crippen LogP contribution is 2.29. The van der Waals surface area contributed by atoms with Crippen molar-refractivity contribution in [3.8, 4) is 0 Å². The standard InChI is InChI=1S/C16H18N6/c1-11-9-12(2)20-16(19-11)21-7-4-13(10-21)14-3-5-17-15-18-6-8-22(14)15/h3,5-6,8-9,13H,4,7,10H2,1-2H3. The predicted octanol–water partition coefficient (Wildman–Crippen LogP) is 2.13. The monoisotopic (exact) mass is 294 g/mol. The van der Waals surface area contributed by atoms with Crippen LogP contribution in [0.4, 0.5) is 5.95 Å². The van der Waals surface area contributed by atoms with Crippen LogP contribution in [0.5, 0.6) is 0 Å². The molecule has 0 saturated carbocycles. The lowest BCUT2D eigenvalue weighted by Crippen LogP contribution is -2.22. The smallest absolute Gasteiger partial charge is 0.233 e. The number of hydrogen-bond acceptors (Lipinski definition) is 5. The molecule has 3 aromatic rings. The SMILES string of the molecule is Cc1cc(C)nc(N2CCC(c3ccnc4nccn34)C2)n1. The van der Waals surface area contributed by atoms with E-state index in [1.807, 2.05) is 32.3 Å². The second-order valence-corrected chi connectivity index (χ2v) is 5.85. The molecule has 0 radical (unpaired) electrons. The van der Waals surface area contributed by atoms with Gasteiger partial charge in [-0.05, 0) is 32.4 Å². The molecule has 1 saturated heterocycles. The first-order valence-electron chi connectivity index (χ1n) is 7.56. The van der Waals surface area contributed by atoms with Gasteiger partial charge in [-0.2, -0.15) is 0 Å². The van der Waals surface area contributed by atoms with Crippen LogP contribution < -0.4 is 4.90 Å². The summed E-state index contributed by atoms with van der Waals surface area (Å²) in [5.41, 5.74) is 3.30. The molecule has 0 aliphatic carbocycles. The Balaban J connectivity index is 1.63. The summed E-state index contributed by atoms with van der Waals surface area (Å²) in [5.74, 6) is 2.05. The van der Waals surface area contributed by atoms with Crippen LogP contribution in [0.1, 0.15) is 29.4 Å². The fourth-order valence-electron chi connectivity index (χ4n) is 3.22. The summed E-state index contributed by atoms with van der Waals surface area (Å²) in [6.07, 6.45) is 6.71. The number of aryl methyl sites for hydroxylation is 2. The Bertz CT molecular complexity index is 804. The molecule has 1 atom stereocenters. The summed E-state index contributed by atoms with van der Waals surface area (Å²) in [7, 11) is 0. The summed E-state index contributed by atoms with van der Waals surface area (Å²) in [6, 6.07) is 4.10. The van der Waals surface area contributed by atoms with E-state index in [2.05, 4.69) is 35.3 Å². The maximum absolute atomic E-state index is 4.58. The third-order valence-corrected chi connectivity index (χ3v) is 4.19. The highest BCUT2D eigenvalue weighted by Gasteiger charge is 2.27. The van der Waals surface area contributed by atoms with Gasteiger partial charge in [0.15, 0.2) is 0 Å². The molecule has 1 aliphatic heterocycles. The minimum Gasteiger partial charge on any atom is -0.340 e. The highest BCUT2D eigenvalue weighted by atomic mass is 15.3. The summed E-state index contributed by atoms with van der Waals surface area (Å²) >= 11 is 0. The normalized spacial score (nSPS) is 18.3. The molecule has 1 aliphatic rings. The first-order chi connectivity index (χ1) is 10.7. The van der Waals surface area contributed by atoms with Gasteiger partial charge >= 0.3 is 0 Å². The van der Waals surface area contributed by atoms with E-state index in [9.17, 15) is 0 Å². The molecule has 0 amide bonds. The van der Waals surface area contributed by atoms with Crippen molar-refractivity contribution in [2.24, 2.45) is 0 Å². The minimum absolute atomic E-state index is 0.448. The number of nitrogens with zero attached hydrogens (tertiary/aromatic N) is 6. The van der Waals surface area contributed by atoms with Gasteiger partial charge in [0.2, 0.25) is 11.7 Å². The molecule has 22 heavy (non-hydrogen) atoms. The number of rotatable bonds is 2. The number of imidazole rings is 1. The molecular formula is C16H18N6. The summed E-state index contributed by atoms with van der Waals surface area (Å²) in [4.78, 5) is 20.0. The summed E-state index contributed by atoms with van der Waals surface area (Å²) in [6.45, 7) is 5.94. The molecule has 4 rings (SSSR count). The fraction of sp³-hybridized carbons (Fsp3) is 0.375. The van der Waals surface area contributed by atoms with Gasteiger partial charge in [-0.3, -0.25) is 4.40 Å². The molecule has 0 aromatic carbocycles. The Morgan fingerprint density at radius 2 is 1.86 bits per heavy atom. The van der Waals surface area contributed by atoms with E-state index in [-0.39, 0.29) is 0 Å². The van der Waals surface area contributed by atoms with Gasteiger partial charge in [-0.25, -0.2) is 19.9 Å². The number of aromatic nitrogens is 5. The first kappa shape index (κ1) is 13.2. The Hall–Kier alpha value is -2.50. The summed E-state index contributed by atoms with van der Waals surface area (Å²) < 4.78 is 2.08. The second kappa shape index (κ2) is 5.05. The largest absolute Gasteiger partial charge is 0.340 e. The maximum Gasteiger partial charge on any atom is 0.233 e. The van der Waals surface area contributed by atoms with Crippen LogP contribution >= 0.6 is 0 Å². The lowest BCUT2D eigenvalue weighted by atomic mass is 10.0. The molecule has 0 bridgehead atoms. The van der Waals surface area contributed by atoms with Gasteiger partial charge in [0.05, 0.1) is 0 Å². The van der Waals surface area contributed by atoms with Crippen molar-refractivity contribution >= 4 is 11.7 Å². The number of anilines is 1. The van der Waals surface area contributed by atoms with Gasteiger partial charge in [-0.15, -0.1) is 0 Å². The molecule has 112 valence electrons. The molecule has 6 heteroatoms. The van der Waals surface area contributed by atoms with Crippen molar-refractivity contribution in [2.75, 3.05) is 18.0 Å². The van der Waals surface area contributed by atoms with Gasteiger partial charge in [0.25, 0.3) is 0 Å². The predicted molar refractivity (Wildman–Crippen MR) is 84.1 cm³/mol. The molecule has 4 heterocycles. The van der Waals surface area contributed by atoms with Crippen LogP contribution in [0.2, 0.25) is 0 Å². The van der Waals surface area contributed by atoms with Crippen molar-refractivity contribution < 1.29 is 0 Å². The topological polar surface area (TPSA) is 59.2 Å². The third-order valence-electron chi connectivity index (χ3n) is 4.19. The van der Waals surface area contributed by atoms with Crippen molar-refractivity contribution in [3.05, 3.63) is 47.8 Å². The lowest BCUT2D eigenvalue weighted by molar-refractivity contribution is 0.724. The van der Waals surface area contributed by atoms with Crippen LogP contribution in [-0.4, -0.2) is 37.4 Å². The second-order valence-electron chi connectivity index (χ2n) is 5.85. The molecule has 0 N–H and O–H groups in total. The molecular weight excluding hydrogens is 276 g/mol. The number of fused-ring (bicyclic) bond motifs is 1. The molecule has 1 unspecified atom stereocenters. The molecule has 6 nitrogen and oxygen atoms in total. The first-order valence-corrected chi connectivity index (χ1v) is 7.56.